The summed E-state index contributed by atoms with van der Waals surface area (Å²) in [4.78, 5) is 17.4. The Hall–Kier alpha value is -2.68. The van der Waals surface area contributed by atoms with Crippen LogP contribution in [0.3, 0.4) is 0 Å². The molecule has 0 unspecified atom stereocenters. The Balaban J connectivity index is 1.92. The van der Waals surface area contributed by atoms with Crippen LogP contribution in [-0.4, -0.2) is 9.55 Å². The van der Waals surface area contributed by atoms with Crippen molar-refractivity contribution in [2.45, 2.75) is 19.9 Å². The molecule has 3 nitrogen and oxygen atoms in total. The molecule has 3 aromatic rings. The van der Waals surface area contributed by atoms with E-state index in [4.69, 9.17) is 4.98 Å². The van der Waals surface area contributed by atoms with Gasteiger partial charge in [-0.15, -0.1) is 0 Å². The van der Waals surface area contributed by atoms with Gasteiger partial charge in [0.2, 0.25) is 0 Å². The van der Waals surface area contributed by atoms with Crippen LogP contribution in [0.15, 0.2) is 53.3 Å². The Bertz CT molecular complexity index is 952. The van der Waals surface area contributed by atoms with Gasteiger partial charge in [-0.25, -0.2) is 4.98 Å². The molecule has 4 rings (SSSR count). The van der Waals surface area contributed by atoms with Crippen molar-refractivity contribution >= 4 is 22.6 Å². The first-order chi connectivity index (χ1) is 10.7. The summed E-state index contributed by atoms with van der Waals surface area (Å²) in [7, 11) is 0. The van der Waals surface area contributed by atoms with Crippen molar-refractivity contribution in [1.82, 2.24) is 9.55 Å². The summed E-state index contributed by atoms with van der Waals surface area (Å²) < 4.78 is 1.80. The zero-order valence-electron chi connectivity index (χ0n) is 12.4. The normalized spacial score (nSPS) is 15.4. The van der Waals surface area contributed by atoms with Crippen LogP contribution in [0, 0.1) is 6.92 Å². The van der Waals surface area contributed by atoms with Gasteiger partial charge in [0.25, 0.3) is 5.56 Å². The fraction of sp³-hybridized carbons (Fsp3) is 0.158. The molecular formula is C19H16N2O. The van der Waals surface area contributed by atoms with E-state index in [1.165, 1.54) is 0 Å². The minimum atomic E-state index is 0.0696. The average Bonchev–Trinajstić information content (AvgIpc) is 2.93. The Kier molecular flexibility index (Phi) is 2.93. The lowest BCUT2D eigenvalue weighted by molar-refractivity contribution is 0.725. The third-order valence-corrected chi connectivity index (χ3v) is 4.14. The lowest BCUT2D eigenvalue weighted by atomic mass is 10.1. The van der Waals surface area contributed by atoms with Crippen molar-refractivity contribution in [3.05, 3.63) is 75.8 Å². The summed E-state index contributed by atoms with van der Waals surface area (Å²) in [5, 5.41) is 0.713. The molecule has 0 N–H and O–H groups in total. The first kappa shape index (κ1) is 13.0. The molecule has 0 fully saturated rings. The van der Waals surface area contributed by atoms with E-state index in [1.807, 2.05) is 43.3 Å². The standard InChI is InChI=1S/C19H16N2O/c1-13-7-8-17-16(11-13)19(22)21-10-9-15(18(21)20-17)12-14-5-3-2-4-6-14/h2-8,11-12H,9-10H2,1H3. The summed E-state index contributed by atoms with van der Waals surface area (Å²) in [5.74, 6) is 0.810. The molecule has 1 aromatic heterocycles. The zero-order chi connectivity index (χ0) is 15.1. The summed E-state index contributed by atoms with van der Waals surface area (Å²) in [6.07, 6.45) is 2.98. The lowest BCUT2D eigenvalue weighted by Crippen LogP contribution is -2.20. The molecule has 0 saturated heterocycles. The number of allylic oxidation sites excluding steroid dienone is 1. The van der Waals surface area contributed by atoms with Crippen molar-refractivity contribution in [3.63, 3.8) is 0 Å². The van der Waals surface area contributed by atoms with E-state index in [1.54, 1.807) is 4.57 Å². The number of nitrogens with zero attached hydrogens (tertiary/aromatic N) is 2. The van der Waals surface area contributed by atoms with Gasteiger partial charge < -0.3 is 0 Å². The highest BCUT2D eigenvalue weighted by molar-refractivity contribution is 5.85. The van der Waals surface area contributed by atoms with E-state index >= 15 is 0 Å². The molecular weight excluding hydrogens is 272 g/mol. The second-order valence-corrected chi connectivity index (χ2v) is 5.74. The predicted octanol–water partition coefficient (Wildman–Crippen LogP) is 3.65. The molecule has 0 bridgehead atoms. The summed E-state index contributed by atoms with van der Waals surface area (Å²) in [6, 6.07) is 16.0. The van der Waals surface area contributed by atoms with Crippen molar-refractivity contribution in [2.75, 3.05) is 0 Å². The topological polar surface area (TPSA) is 34.9 Å². The third-order valence-electron chi connectivity index (χ3n) is 4.14. The second-order valence-electron chi connectivity index (χ2n) is 5.74. The Morgan fingerprint density at radius 1 is 1.14 bits per heavy atom. The third kappa shape index (κ3) is 2.06. The maximum Gasteiger partial charge on any atom is 0.261 e. The van der Waals surface area contributed by atoms with Gasteiger partial charge in [0.05, 0.1) is 10.9 Å². The van der Waals surface area contributed by atoms with Gasteiger partial charge in [-0.3, -0.25) is 9.36 Å². The van der Waals surface area contributed by atoms with Crippen LogP contribution in [0.25, 0.3) is 22.6 Å². The Labute approximate surface area is 128 Å². The molecule has 0 aliphatic carbocycles. The number of aromatic nitrogens is 2. The number of hydrogen-bond donors (Lipinski definition) is 0. The minimum Gasteiger partial charge on any atom is -0.292 e. The smallest absolute Gasteiger partial charge is 0.261 e. The van der Waals surface area contributed by atoms with Gasteiger partial charge in [-0.05, 0) is 42.7 Å². The maximum absolute atomic E-state index is 12.7. The fourth-order valence-electron chi connectivity index (χ4n) is 3.02. The molecule has 0 saturated carbocycles. The van der Waals surface area contributed by atoms with Crippen LogP contribution in [0.4, 0.5) is 0 Å². The molecule has 0 amide bonds. The van der Waals surface area contributed by atoms with Gasteiger partial charge in [0.15, 0.2) is 0 Å². The second kappa shape index (κ2) is 4.95. The first-order valence-electron chi connectivity index (χ1n) is 7.49. The first-order valence-corrected chi connectivity index (χ1v) is 7.49. The van der Waals surface area contributed by atoms with Gasteiger partial charge in [0, 0.05) is 6.54 Å². The highest BCUT2D eigenvalue weighted by atomic mass is 16.1. The van der Waals surface area contributed by atoms with Crippen LogP contribution in [0.1, 0.15) is 23.4 Å². The van der Waals surface area contributed by atoms with Crippen molar-refractivity contribution < 1.29 is 0 Å². The molecule has 0 spiro atoms. The molecule has 3 heteroatoms. The predicted molar refractivity (Wildman–Crippen MR) is 89.7 cm³/mol. The van der Waals surface area contributed by atoms with E-state index in [-0.39, 0.29) is 5.56 Å². The van der Waals surface area contributed by atoms with Crippen molar-refractivity contribution in [2.24, 2.45) is 0 Å². The highest BCUT2D eigenvalue weighted by Crippen LogP contribution is 2.27. The number of benzene rings is 2. The Morgan fingerprint density at radius 2 is 1.95 bits per heavy atom. The molecule has 2 aromatic carbocycles. The van der Waals surface area contributed by atoms with Gasteiger partial charge >= 0.3 is 0 Å². The van der Waals surface area contributed by atoms with Crippen LogP contribution < -0.4 is 5.56 Å². The average molecular weight is 288 g/mol. The molecule has 0 atom stereocenters. The van der Waals surface area contributed by atoms with Gasteiger partial charge in [-0.2, -0.15) is 0 Å². The fourth-order valence-corrected chi connectivity index (χ4v) is 3.02. The molecule has 1 aliphatic rings. The van der Waals surface area contributed by atoms with Crippen molar-refractivity contribution in [3.8, 4) is 0 Å². The van der Waals surface area contributed by atoms with Crippen molar-refractivity contribution in [1.29, 1.82) is 0 Å². The van der Waals surface area contributed by atoms with Crippen LogP contribution in [-0.2, 0) is 6.54 Å². The highest BCUT2D eigenvalue weighted by Gasteiger charge is 2.20. The number of hydrogen-bond acceptors (Lipinski definition) is 2. The van der Waals surface area contributed by atoms with E-state index in [0.29, 0.717) is 11.9 Å². The summed E-state index contributed by atoms with van der Waals surface area (Å²) in [5.41, 5.74) is 4.21. The minimum absolute atomic E-state index is 0.0696. The lowest BCUT2D eigenvalue weighted by Gasteiger charge is -2.06. The van der Waals surface area contributed by atoms with Gasteiger partial charge in [0.1, 0.15) is 5.82 Å². The molecule has 1 aliphatic heterocycles. The molecule has 108 valence electrons. The largest absolute Gasteiger partial charge is 0.292 e. The summed E-state index contributed by atoms with van der Waals surface area (Å²) in [6.45, 7) is 2.71. The zero-order valence-corrected chi connectivity index (χ0v) is 12.4. The number of aryl methyl sites for hydroxylation is 1. The van der Waals surface area contributed by atoms with E-state index in [9.17, 15) is 4.79 Å². The molecule has 2 heterocycles. The molecule has 22 heavy (non-hydrogen) atoms. The number of fused-ring (bicyclic) bond motifs is 2. The SMILES string of the molecule is Cc1ccc2nc3n(c(=O)c2c1)CCC3=Cc1ccccc1. The van der Waals surface area contributed by atoms with E-state index < -0.39 is 0 Å². The summed E-state index contributed by atoms with van der Waals surface area (Å²) >= 11 is 0. The monoisotopic (exact) mass is 288 g/mol. The van der Waals surface area contributed by atoms with Gasteiger partial charge in [-0.1, -0.05) is 42.0 Å². The molecule has 0 radical (unpaired) electrons. The van der Waals surface area contributed by atoms with E-state index in [2.05, 4.69) is 18.2 Å². The Morgan fingerprint density at radius 3 is 2.77 bits per heavy atom. The number of rotatable bonds is 1. The van der Waals surface area contributed by atoms with E-state index in [0.717, 1.165) is 34.5 Å². The van der Waals surface area contributed by atoms with Crippen LogP contribution in [0.2, 0.25) is 0 Å². The quantitative estimate of drug-likeness (QED) is 0.685. The van der Waals surface area contributed by atoms with Crippen LogP contribution >= 0.6 is 0 Å². The van der Waals surface area contributed by atoms with Crippen LogP contribution in [0.5, 0.6) is 0 Å². The maximum atomic E-state index is 12.7.